The molecule has 0 saturated carbocycles. The molecule has 47 heavy (non-hydrogen) atoms. The molecular weight excluding hydrogens is 724 g/mol. The van der Waals surface area contributed by atoms with Gasteiger partial charge in [-0.05, 0) is 12.8 Å². The lowest BCUT2D eigenvalue weighted by Gasteiger charge is -2.26. The standard InChI is InChI=1S/C22H50O21P4/c1-3-21(17-23)18-42-46(29,30)39-15-11-35-7-5-33-9-13-37-45(27,28)38-14-10-34-6-8-36-12-16-40-47(31,32)43-20-22(4-2)19-41-44(24,25)26/h21-23H,3-20H2,1-2H3,(H,27,28)(H,29,30)(H,31,32)(H2,24,25,26)/p-4. The summed E-state index contributed by atoms with van der Waals surface area (Å²) in [5.74, 6) is -0.940. The number of hydrogen-bond donors (Lipinski definition) is 2. The van der Waals surface area contributed by atoms with E-state index in [1.807, 2.05) is 0 Å². The molecule has 284 valence electrons. The molecule has 0 rings (SSSR count). The Morgan fingerprint density at radius 2 is 0.745 bits per heavy atom. The molecule has 21 nitrogen and oxygen atoms in total. The Bertz CT molecular complexity index is 963. The van der Waals surface area contributed by atoms with Gasteiger partial charge in [-0.2, -0.15) is 0 Å². The van der Waals surface area contributed by atoms with Gasteiger partial charge in [-0.1, -0.05) is 13.8 Å². The summed E-state index contributed by atoms with van der Waals surface area (Å²) in [5.41, 5.74) is 0. The van der Waals surface area contributed by atoms with Crippen LogP contribution in [0.5, 0.6) is 0 Å². The monoisotopic (exact) mass is 770 g/mol. The summed E-state index contributed by atoms with van der Waals surface area (Å²) in [6.07, 6.45) is 0.854. The van der Waals surface area contributed by atoms with E-state index in [-0.39, 0.29) is 98.4 Å². The maximum atomic E-state index is 11.7. The summed E-state index contributed by atoms with van der Waals surface area (Å²) in [6, 6.07) is 0. The summed E-state index contributed by atoms with van der Waals surface area (Å²) in [5, 5.41) is 9.03. The van der Waals surface area contributed by atoms with Crippen molar-refractivity contribution in [3.8, 4) is 0 Å². The van der Waals surface area contributed by atoms with Crippen molar-refractivity contribution in [3.63, 3.8) is 0 Å². The van der Waals surface area contributed by atoms with Crippen molar-refractivity contribution >= 4 is 31.3 Å². The van der Waals surface area contributed by atoms with Crippen LogP contribution >= 0.6 is 31.3 Å². The van der Waals surface area contributed by atoms with Gasteiger partial charge in [-0.3, -0.25) is 18.3 Å². The van der Waals surface area contributed by atoms with Gasteiger partial charge in [0.15, 0.2) is 0 Å². The Morgan fingerprint density at radius 3 is 1.04 bits per heavy atom. The van der Waals surface area contributed by atoms with E-state index < -0.39 is 50.4 Å². The molecule has 0 aromatic heterocycles. The quantitative estimate of drug-likeness (QED) is 0.0590. The summed E-state index contributed by atoms with van der Waals surface area (Å²) < 4.78 is 98.3. The average molecular weight is 770 g/mol. The lowest BCUT2D eigenvalue weighted by atomic mass is 10.1. The molecule has 2 N–H and O–H groups in total. The van der Waals surface area contributed by atoms with Crippen molar-refractivity contribution in [2.24, 2.45) is 11.8 Å². The van der Waals surface area contributed by atoms with E-state index in [1.54, 1.807) is 13.8 Å². The van der Waals surface area contributed by atoms with E-state index in [9.17, 15) is 37.8 Å². The third-order valence-electron chi connectivity index (χ3n) is 5.48. The van der Waals surface area contributed by atoms with E-state index in [0.29, 0.717) is 12.8 Å². The van der Waals surface area contributed by atoms with E-state index >= 15 is 0 Å². The van der Waals surface area contributed by atoms with Crippen LogP contribution < -0.4 is 19.6 Å². The highest BCUT2D eigenvalue weighted by Gasteiger charge is 2.17. The van der Waals surface area contributed by atoms with Crippen LogP contribution in [0, 0.1) is 11.8 Å². The highest BCUT2D eigenvalue weighted by atomic mass is 31.2. The van der Waals surface area contributed by atoms with Crippen molar-refractivity contribution in [1.29, 1.82) is 0 Å². The largest absolute Gasteiger partial charge is 0.756 e. The van der Waals surface area contributed by atoms with Gasteiger partial charge in [0.05, 0.1) is 99.1 Å². The maximum absolute atomic E-state index is 11.7. The topological polar surface area (TPSA) is 303 Å². The number of aliphatic hydroxyl groups excluding tert-OH is 1. The Kier molecular flexibility index (Phi) is 27.1. The number of phosphoric acid groups is 4. The van der Waals surface area contributed by atoms with Gasteiger partial charge >= 0.3 is 0 Å². The maximum Gasteiger partial charge on any atom is 0.268 e. The van der Waals surface area contributed by atoms with Crippen LogP contribution in [0.15, 0.2) is 0 Å². The van der Waals surface area contributed by atoms with Gasteiger partial charge in [-0.25, -0.2) is 0 Å². The smallest absolute Gasteiger partial charge is 0.268 e. The van der Waals surface area contributed by atoms with Crippen molar-refractivity contribution < 1.29 is 98.4 Å². The minimum absolute atomic E-state index is 0.0252. The lowest BCUT2D eigenvalue weighted by Crippen LogP contribution is -2.20. The van der Waals surface area contributed by atoms with Crippen LogP contribution in [0.1, 0.15) is 26.7 Å². The summed E-state index contributed by atoms with van der Waals surface area (Å²) >= 11 is 0. The molecule has 0 saturated heterocycles. The minimum atomic E-state index is -4.94. The molecular formula is C22H46O21P4-4. The van der Waals surface area contributed by atoms with Crippen LogP contribution in [0.4, 0.5) is 0 Å². The first-order valence-electron chi connectivity index (χ1n) is 14.4. The van der Waals surface area contributed by atoms with E-state index in [2.05, 4.69) is 31.7 Å². The summed E-state index contributed by atoms with van der Waals surface area (Å²) in [6.45, 7) is 0.602. The molecule has 0 heterocycles. The Balaban J connectivity index is 3.71. The molecule has 0 aromatic rings. The first-order chi connectivity index (χ1) is 22.0. The van der Waals surface area contributed by atoms with Gasteiger partial charge in [0.25, 0.3) is 31.3 Å². The zero-order valence-corrected chi connectivity index (χ0v) is 29.9. The predicted octanol–water partition coefficient (Wildman–Crippen LogP) is -0.920. The van der Waals surface area contributed by atoms with Crippen molar-refractivity contribution in [3.05, 3.63) is 0 Å². The Labute approximate surface area is 274 Å². The molecule has 6 atom stereocenters. The van der Waals surface area contributed by atoms with E-state index in [1.165, 1.54) is 0 Å². The Morgan fingerprint density at radius 1 is 0.468 bits per heavy atom. The molecule has 0 bridgehead atoms. The number of ether oxygens (including phenoxy) is 4. The van der Waals surface area contributed by atoms with Gasteiger partial charge in [0.1, 0.15) is 0 Å². The zero-order chi connectivity index (χ0) is 35.7. The first-order valence-corrected chi connectivity index (χ1v) is 20.3. The molecule has 0 amide bonds. The van der Waals surface area contributed by atoms with Crippen LogP contribution in [0.2, 0.25) is 0 Å². The van der Waals surface area contributed by atoms with Crippen molar-refractivity contribution in [1.82, 2.24) is 0 Å². The third kappa shape index (κ3) is 30.8. The number of aliphatic hydroxyl groups is 1. The molecule has 0 aliphatic rings. The molecule has 0 radical (unpaired) electrons. The summed E-state index contributed by atoms with van der Waals surface area (Å²) in [7, 11) is -18.7. The number of rotatable bonds is 34. The van der Waals surface area contributed by atoms with Gasteiger partial charge in [0, 0.05) is 18.4 Å². The molecule has 0 aromatic carbocycles. The first kappa shape index (κ1) is 47.2. The fourth-order valence-electron chi connectivity index (χ4n) is 2.76. The van der Waals surface area contributed by atoms with Crippen LogP contribution in [-0.4, -0.2) is 116 Å². The molecule has 0 aliphatic heterocycles. The molecule has 6 unspecified atom stereocenters. The Hall–Kier alpha value is 0.240. The normalized spacial score (nSPS) is 18.6. The number of phosphoric ester groups is 4. The fraction of sp³-hybridized carbons (Fsp3) is 1.00. The predicted molar refractivity (Wildman–Crippen MR) is 152 cm³/mol. The lowest BCUT2D eigenvalue weighted by molar-refractivity contribution is -0.229. The molecule has 0 aliphatic carbocycles. The zero-order valence-electron chi connectivity index (χ0n) is 26.3. The van der Waals surface area contributed by atoms with E-state index in [4.69, 9.17) is 28.9 Å². The molecule has 0 spiro atoms. The van der Waals surface area contributed by atoms with Gasteiger partial charge < -0.3 is 80.2 Å². The van der Waals surface area contributed by atoms with Crippen molar-refractivity contribution in [2.45, 2.75) is 26.7 Å². The average Bonchev–Trinajstić information content (AvgIpc) is 2.99. The van der Waals surface area contributed by atoms with Crippen LogP contribution in [-0.2, 0) is 68.9 Å². The second-order valence-corrected chi connectivity index (χ2v) is 14.6. The summed E-state index contributed by atoms with van der Waals surface area (Å²) in [4.78, 5) is 54.3. The minimum Gasteiger partial charge on any atom is -0.756 e. The highest BCUT2D eigenvalue weighted by Crippen LogP contribution is 2.40. The van der Waals surface area contributed by atoms with Gasteiger partial charge in [0.2, 0.25) is 0 Å². The van der Waals surface area contributed by atoms with Crippen molar-refractivity contribution in [2.75, 3.05) is 106 Å². The number of hydrogen-bond acceptors (Lipinski definition) is 20. The SMILES string of the molecule is CCC(CO)COP(=O)([O-])OCCOCCOCCOP(=O)([O-])OCCOCCOCCOP(=O)([O-])OCC(CC)COP(=O)([O-])O. The second-order valence-electron chi connectivity index (χ2n) is 9.21. The fourth-order valence-corrected chi connectivity index (χ4v) is 5.37. The van der Waals surface area contributed by atoms with E-state index in [0.717, 1.165) is 0 Å². The van der Waals surface area contributed by atoms with Gasteiger partial charge in [-0.15, -0.1) is 0 Å². The van der Waals surface area contributed by atoms with Crippen LogP contribution in [0.3, 0.4) is 0 Å². The highest BCUT2D eigenvalue weighted by molar-refractivity contribution is 7.46. The molecule has 25 heteroatoms. The molecule has 0 fully saturated rings. The third-order valence-corrected chi connectivity index (χ3v) is 8.88. The second kappa shape index (κ2) is 27.0. The van der Waals surface area contributed by atoms with Crippen LogP contribution in [0.25, 0.3) is 0 Å².